The highest BCUT2D eigenvalue weighted by atomic mass is 16.5. The molecule has 2 aromatic carbocycles. The zero-order valence-electron chi connectivity index (χ0n) is 17.6. The van der Waals surface area contributed by atoms with E-state index in [9.17, 15) is 14.4 Å². The summed E-state index contributed by atoms with van der Waals surface area (Å²) < 4.78 is 10.9. The fourth-order valence-electron chi connectivity index (χ4n) is 4.80. The Labute approximate surface area is 179 Å². The van der Waals surface area contributed by atoms with E-state index in [0.29, 0.717) is 48.3 Å². The minimum absolute atomic E-state index is 0.214. The minimum Gasteiger partial charge on any atom is -0.469 e. The summed E-state index contributed by atoms with van der Waals surface area (Å²) in [6.07, 6.45) is 1.73. The summed E-state index contributed by atoms with van der Waals surface area (Å²) in [5.41, 5.74) is 3.50. The number of carbonyl (C=O) groups excluding carboxylic acids is 3. The first-order valence-electron chi connectivity index (χ1n) is 10.5. The van der Waals surface area contributed by atoms with Crippen molar-refractivity contribution in [2.45, 2.75) is 32.7 Å². The van der Waals surface area contributed by atoms with E-state index >= 15 is 0 Å². The first-order valence-corrected chi connectivity index (χ1v) is 10.5. The van der Waals surface area contributed by atoms with E-state index in [4.69, 9.17) is 9.15 Å². The molecule has 5 rings (SSSR count). The van der Waals surface area contributed by atoms with Gasteiger partial charge in [-0.1, -0.05) is 24.3 Å². The van der Waals surface area contributed by atoms with Gasteiger partial charge in [-0.3, -0.25) is 19.3 Å². The van der Waals surface area contributed by atoms with Crippen LogP contribution in [0.1, 0.15) is 50.4 Å². The Morgan fingerprint density at radius 2 is 1.90 bits per heavy atom. The number of carbonyl (C=O) groups is 3. The first-order chi connectivity index (χ1) is 15.0. The molecule has 1 aromatic heterocycles. The molecule has 6 nitrogen and oxygen atoms in total. The zero-order valence-corrected chi connectivity index (χ0v) is 17.6. The van der Waals surface area contributed by atoms with Crippen LogP contribution in [0.15, 0.2) is 34.7 Å². The van der Waals surface area contributed by atoms with Gasteiger partial charge in [0.05, 0.1) is 19.2 Å². The summed E-state index contributed by atoms with van der Waals surface area (Å²) >= 11 is 0. The molecule has 0 atom stereocenters. The molecule has 0 N–H and O–H groups in total. The average molecular weight is 417 g/mol. The molecule has 158 valence electrons. The van der Waals surface area contributed by atoms with Gasteiger partial charge < -0.3 is 9.15 Å². The molecule has 0 saturated carbocycles. The van der Waals surface area contributed by atoms with Crippen molar-refractivity contribution in [2.24, 2.45) is 0 Å². The highest BCUT2D eigenvalue weighted by Crippen LogP contribution is 2.43. The average Bonchev–Trinajstić information content (AvgIpc) is 3.16. The fraction of sp³-hybridized carbons (Fsp3) is 0.320. The minimum atomic E-state index is -0.472. The molecule has 3 aromatic rings. The third-order valence-electron chi connectivity index (χ3n) is 6.40. The standard InChI is InChI=1S/C25H23NO5/c1-14-5-3-6-16-15(14)8-9-18-21(16)23(28)24(29)22-17-10-12-26(11-4-7-20(27)30-2)13-19(17)31-25(18)22/h3,5-6,8-9H,4,7,10-13H2,1-2H3. The number of esters is 1. The van der Waals surface area contributed by atoms with Crippen molar-refractivity contribution in [3.63, 3.8) is 0 Å². The maximum atomic E-state index is 13.1. The second-order valence-corrected chi connectivity index (χ2v) is 8.23. The summed E-state index contributed by atoms with van der Waals surface area (Å²) in [7, 11) is 1.39. The van der Waals surface area contributed by atoms with Crippen molar-refractivity contribution in [1.82, 2.24) is 4.90 Å². The van der Waals surface area contributed by atoms with Crippen LogP contribution in [0.3, 0.4) is 0 Å². The number of rotatable bonds is 4. The number of hydrogen-bond acceptors (Lipinski definition) is 6. The van der Waals surface area contributed by atoms with E-state index in [2.05, 4.69) is 4.90 Å². The molecule has 1 aliphatic carbocycles. The Balaban J connectivity index is 1.52. The van der Waals surface area contributed by atoms with Crippen molar-refractivity contribution >= 4 is 28.3 Å². The monoisotopic (exact) mass is 417 g/mol. The summed E-state index contributed by atoms with van der Waals surface area (Å²) in [5.74, 6) is 0.120. The van der Waals surface area contributed by atoms with Gasteiger partial charge in [-0.15, -0.1) is 0 Å². The van der Waals surface area contributed by atoms with Crippen LogP contribution in [0, 0.1) is 6.92 Å². The molecule has 0 amide bonds. The Hall–Kier alpha value is -3.25. The highest BCUT2D eigenvalue weighted by molar-refractivity contribution is 6.54. The third-order valence-corrected chi connectivity index (χ3v) is 6.40. The van der Waals surface area contributed by atoms with Crippen molar-refractivity contribution in [3.8, 4) is 11.3 Å². The molecule has 6 heteroatoms. The second kappa shape index (κ2) is 7.46. The van der Waals surface area contributed by atoms with Crippen molar-refractivity contribution < 1.29 is 23.5 Å². The Kier molecular flexibility index (Phi) is 4.74. The molecule has 0 fully saturated rings. The van der Waals surface area contributed by atoms with Crippen LogP contribution in [-0.2, 0) is 22.5 Å². The number of hydrogen-bond donors (Lipinski definition) is 0. The summed E-state index contributed by atoms with van der Waals surface area (Å²) in [6, 6.07) is 9.69. The Morgan fingerprint density at radius 1 is 1.10 bits per heavy atom. The lowest BCUT2D eigenvalue weighted by Crippen LogP contribution is -2.32. The normalized spacial score (nSPS) is 15.5. The predicted octanol–water partition coefficient (Wildman–Crippen LogP) is 4.10. The van der Waals surface area contributed by atoms with Gasteiger partial charge in [0.2, 0.25) is 11.6 Å². The van der Waals surface area contributed by atoms with Crippen LogP contribution in [-0.4, -0.2) is 42.6 Å². The third kappa shape index (κ3) is 3.10. The lowest BCUT2D eigenvalue weighted by Gasteiger charge is -2.25. The lowest BCUT2D eigenvalue weighted by molar-refractivity contribution is -0.140. The number of fused-ring (bicyclic) bond motifs is 7. The quantitative estimate of drug-likeness (QED) is 0.470. The zero-order chi connectivity index (χ0) is 21.7. The highest BCUT2D eigenvalue weighted by Gasteiger charge is 2.39. The van der Waals surface area contributed by atoms with Gasteiger partial charge in [0.15, 0.2) is 0 Å². The van der Waals surface area contributed by atoms with Gasteiger partial charge in [0.1, 0.15) is 11.5 Å². The van der Waals surface area contributed by atoms with E-state index in [1.54, 1.807) is 0 Å². The van der Waals surface area contributed by atoms with Crippen LogP contribution in [0.5, 0.6) is 0 Å². The summed E-state index contributed by atoms with van der Waals surface area (Å²) in [6.45, 7) is 4.06. The molecule has 1 aliphatic heterocycles. The van der Waals surface area contributed by atoms with E-state index in [1.807, 2.05) is 37.3 Å². The maximum absolute atomic E-state index is 13.1. The van der Waals surface area contributed by atoms with Crippen molar-refractivity contribution in [1.29, 1.82) is 0 Å². The number of ketones is 2. The second-order valence-electron chi connectivity index (χ2n) is 8.23. The fourth-order valence-corrected chi connectivity index (χ4v) is 4.80. The number of ether oxygens (including phenoxy) is 1. The van der Waals surface area contributed by atoms with Crippen LogP contribution in [0.4, 0.5) is 0 Å². The van der Waals surface area contributed by atoms with Crippen molar-refractivity contribution in [2.75, 3.05) is 20.2 Å². The van der Waals surface area contributed by atoms with Crippen LogP contribution in [0.25, 0.3) is 22.1 Å². The van der Waals surface area contributed by atoms with Crippen LogP contribution in [0.2, 0.25) is 0 Å². The molecule has 0 radical (unpaired) electrons. The van der Waals surface area contributed by atoms with Crippen LogP contribution >= 0.6 is 0 Å². The molecule has 2 aliphatic rings. The molecule has 0 saturated heterocycles. The van der Waals surface area contributed by atoms with Gasteiger partial charge in [0.25, 0.3) is 0 Å². The van der Waals surface area contributed by atoms with E-state index < -0.39 is 11.6 Å². The van der Waals surface area contributed by atoms with E-state index in [-0.39, 0.29) is 5.97 Å². The molecular formula is C25H23NO5. The van der Waals surface area contributed by atoms with Gasteiger partial charge in [-0.25, -0.2) is 0 Å². The molecule has 0 bridgehead atoms. The maximum Gasteiger partial charge on any atom is 0.305 e. The molecule has 0 unspecified atom stereocenters. The van der Waals surface area contributed by atoms with Gasteiger partial charge >= 0.3 is 5.97 Å². The Bertz CT molecular complexity index is 1250. The largest absolute Gasteiger partial charge is 0.469 e. The van der Waals surface area contributed by atoms with Crippen LogP contribution < -0.4 is 0 Å². The van der Waals surface area contributed by atoms with E-state index in [0.717, 1.165) is 40.7 Å². The molecule has 31 heavy (non-hydrogen) atoms. The van der Waals surface area contributed by atoms with Gasteiger partial charge in [0, 0.05) is 29.7 Å². The number of Topliss-reactive ketones (excluding diaryl/α,β-unsaturated/α-hetero) is 2. The number of furan rings is 1. The Morgan fingerprint density at radius 3 is 2.71 bits per heavy atom. The molecule has 2 heterocycles. The topological polar surface area (TPSA) is 76.8 Å². The van der Waals surface area contributed by atoms with Gasteiger partial charge in [-0.2, -0.15) is 0 Å². The smallest absolute Gasteiger partial charge is 0.305 e. The number of benzene rings is 2. The van der Waals surface area contributed by atoms with E-state index in [1.165, 1.54) is 7.11 Å². The molecular weight excluding hydrogens is 394 g/mol. The molecule has 0 spiro atoms. The number of aryl methyl sites for hydroxylation is 1. The number of nitrogens with zero attached hydrogens (tertiary/aromatic N) is 1. The summed E-state index contributed by atoms with van der Waals surface area (Å²) in [4.78, 5) is 39.8. The van der Waals surface area contributed by atoms with Gasteiger partial charge in [-0.05, 0) is 48.7 Å². The van der Waals surface area contributed by atoms with Crippen molar-refractivity contribution in [3.05, 3.63) is 58.3 Å². The number of methoxy groups -OCH3 is 1. The first kappa shape index (κ1) is 19.7. The SMILES string of the molecule is COC(=O)CCCN1CCc2c(oc3c2C(=O)C(=O)c2c-3ccc3c(C)cccc23)C1. The lowest BCUT2D eigenvalue weighted by atomic mass is 9.82. The summed E-state index contributed by atoms with van der Waals surface area (Å²) in [5, 5.41) is 1.76. The predicted molar refractivity (Wildman–Crippen MR) is 115 cm³/mol.